The van der Waals surface area contributed by atoms with Gasteiger partial charge in [-0.25, -0.2) is 8.42 Å². The third-order valence-electron chi connectivity index (χ3n) is 6.38. The summed E-state index contributed by atoms with van der Waals surface area (Å²) in [5.74, 6) is -0.344. The van der Waals surface area contributed by atoms with Gasteiger partial charge in [0.25, 0.3) is 5.91 Å². The van der Waals surface area contributed by atoms with Crippen LogP contribution in [-0.4, -0.2) is 54.6 Å². The van der Waals surface area contributed by atoms with Crippen LogP contribution in [0.1, 0.15) is 69.7 Å². The van der Waals surface area contributed by atoms with E-state index < -0.39 is 10.0 Å². The van der Waals surface area contributed by atoms with E-state index in [9.17, 15) is 13.2 Å². The molecule has 8 nitrogen and oxygen atoms in total. The average molecular weight is 474 g/mol. The molecule has 2 aromatic rings. The quantitative estimate of drug-likeness (QED) is 0.708. The highest BCUT2D eigenvalue weighted by Gasteiger charge is 2.31. The van der Waals surface area contributed by atoms with E-state index in [1.54, 1.807) is 39.6 Å². The molecular formula is C24H35N5O3S. The molecule has 1 N–H and O–H groups in total. The van der Waals surface area contributed by atoms with Crippen molar-refractivity contribution in [3.63, 3.8) is 0 Å². The monoisotopic (exact) mass is 473 g/mol. The Morgan fingerprint density at radius 3 is 2.21 bits per heavy atom. The lowest BCUT2D eigenvalue weighted by Gasteiger charge is -2.33. The van der Waals surface area contributed by atoms with Gasteiger partial charge in [0.1, 0.15) is 4.90 Å². The van der Waals surface area contributed by atoms with Gasteiger partial charge in [-0.2, -0.15) is 9.40 Å². The second-order valence-electron chi connectivity index (χ2n) is 9.99. The van der Waals surface area contributed by atoms with Crippen molar-refractivity contribution in [2.75, 3.05) is 36.4 Å². The first kappa shape index (κ1) is 23.8. The first-order valence-electron chi connectivity index (χ1n) is 11.9. The van der Waals surface area contributed by atoms with Crippen LogP contribution in [0.2, 0.25) is 0 Å². The largest absolute Gasteiger partial charge is 0.370 e. The van der Waals surface area contributed by atoms with Gasteiger partial charge < -0.3 is 10.2 Å². The highest BCUT2D eigenvalue weighted by Crippen LogP contribution is 2.32. The van der Waals surface area contributed by atoms with Crippen molar-refractivity contribution in [3.8, 4) is 0 Å². The molecule has 0 spiro atoms. The molecular weight excluding hydrogens is 438 g/mol. The van der Waals surface area contributed by atoms with Crippen LogP contribution in [0.5, 0.6) is 0 Å². The highest BCUT2D eigenvalue weighted by molar-refractivity contribution is 7.89. The lowest BCUT2D eigenvalue weighted by Crippen LogP contribution is -2.37. The molecule has 0 saturated carbocycles. The van der Waals surface area contributed by atoms with Crippen LogP contribution in [0.3, 0.4) is 0 Å². The fraction of sp³-hybridized carbons (Fsp3) is 0.583. The second kappa shape index (κ2) is 9.46. The molecule has 0 bridgehead atoms. The van der Waals surface area contributed by atoms with Crippen LogP contribution >= 0.6 is 0 Å². The van der Waals surface area contributed by atoms with Gasteiger partial charge in [0.2, 0.25) is 10.0 Å². The third-order valence-corrected chi connectivity index (χ3v) is 8.31. The molecule has 0 atom stereocenters. The summed E-state index contributed by atoms with van der Waals surface area (Å²) in [4.78, 5) is 15.4. The van der Waals surface area contributed by atoms with Gasteiger partial charge in [-0.05, 0) is 71.1 Å². The van der Waals surface area contributed by atoms with Crippen molar-refractivity contribution in [2.24, 2.45) is 0 Å². The van der Waals surface area contributed by atoms with Crippen molar-refractivity contribution in [1.82, 2.24) is 14.1 Å². The smallest absolute Gasteiger partial charge is 0.255 e. The van der Waals surface area contributed by atoms with E-state index in [4.69, 9.17) is 0 Å². The average Bonchev–Trinajstić information content (AvgIpc) is 3.29. The normalized spacial score (nSPS) is 18.3. The summed E-state index contributed by atoms with van der Waals surface area (Å²) in [6.07, 6.45) is 9.43. The van der Waals surface area contributed by atoms with Crippen LogP contribution < -0.4 is 10.2 Å². The Labute approximate surface area is 197 Å². The van der Waals surface area contributed by atoms with Crippen LogP contribution in [0.25, 0.3) is 0 Å². The number of hydrogen-bond donors (Lipinski definition) is 1. The number of hydrogen-bond acceptors (Lipinski definition) is 5. The molecule has 2 saturated heterocycles. The van der Waals surface area contributed by atoms with Gasteiger partial charge in [-0.1, -0.05) is 6.42 Å². The fourth-order valence-electron chi connectivity index (χ4n) is 4.46. The van der Waals surface area contributed by atoms with E-state index in [0.717, 1.165) is 51.6 Å². The van der Waals surface area contributed by atoms with Crippen LogP contribution in [0, 0.1) is 0 Å². The van der Waals surface area contributed by atoms with Crippen molar-refractivity contribution < 1.29 is 13.2 Å². The summed E-state index contributed by atoms with van der Waals surface area (Å²) in [5, 5.41) is 7.18. The minimum Gasteiger partial charge on any atom is -0.370 e. The van der Waals surface area contributed by atoms with Crippen molar-refractivity contribution >= 4 is 27.3 Å². The lowest BCUT2D eigenvalue weighted by molar-refractivity contribution is 0.102. The predicted octanol–water partition coefficient (Wildman–Crippen LogP) is 4.06. The van der Waals surface area contributed by atoms with Crippen molar-refractivity contribution in [3.05, 3.63) is 36.2 Å². The number of carbonyl (C=O) groups is 1. The maximum Gasteiger partial charge on any atom is 0.255 e. The topological polar surface area (TPSA) is 87.5 Å². The Morgan fingerprint density at radius 2 is 1.61 bits per heavy atom. The second-order valence-corrected chi connectivity index (χ2v) is 11.9. The Balaban J connectivity index is 1.66. The molecule has 180 valence electrons. The van der Waals surface area contributed by atoms with E-state index in [1.807, 2.05) is 20.8 Å². The maximum absolute atomic E-state index is 13.7. The number of nitrogens with one attached hydrogen (secondary N) is 1. The molecule has 2 aliphatic rings. The number of benzene rings is 1. The van der Waals surface area contributed by atoms with Gasteiger partial charge >= 0.3 is 0 Å². The first-order chi connectivity index (χ1) is 15.7. The van der Waals surface area contributed by atoms with E-state index in [1.165, 1.54) is 0 Å². The minimum absolute atomic E-state index is 0.200. The molecule has 9 heteroatoms. The number of anilines is 2. The molecule has 1 amide bonds. The lowest BCUT2D eigenvalue weighted by atomic mass is 10.1. The van der Waals surface area contributed by atoms with Gasteiger partial charge in [0, 0.05) is 37.9 Å². The Kier molecular flexibility index (Phi) is 6.81. The summed E-state index contributed by atoms with van der Waals surface area (Å²) >= 11 is 0. The van der Waals surface area contributed by atoms with Crippen LogP contribution in [0.4, 0.5) is 11.4 Å². The van der Waals surface area contributed by atoms with E-state index in [2.05, 4.69) is 15.3 Å². The minimum atomic E-state index is -3.69. The summed E-state index contributed by atoms with van der Waals surface area (Å²) < 4.78 is 30.7. The molecule has 2 fully saturated rings. The number of aromatic nitrogens is 2. The number of nitrogens with zero attached hydrogens (tertiary/aromatic N) is 4. The van der Waals surface area contributed by atoms with Crippen LogP contribution in [-0.2, 0) is 15.6 Å². The van der Waals surface area contributed by atoms with Gasteiger partial charge in [0.05, 0.1) is 23.1 Å². The maximum atomic E-state index is 13.7. The summed E-state index contributed by atoms with van der Waals surface area (Å²) in [5.41, 5.74) is 1.41. The fourth-order valence-corrected chi connectivity index (χ4v) is 6.21. The molecule has 4 rings (SSSR count). The molecule has 33 heavy (non-hydrogen) atoms. The molecule has 0 radical (unpaired) electrons. The van der Waals surface area contributed by atoms with E-state index in [-0.39, 0.29) is 16.3 Å². The molecule has 3 heterocycles. The zero-order valence-electron chi connectivity index (χ0n) is 19.9. The zero-order chi connectivity index (χ0) is 23.6. The molecule has 0 unspecified atom stereocenters. The predicted molar refractivity (Wildman–Crippen MR) is 130 cm³/mol. The van der Waals surface area contributed by atoms with Gasteiger partial charge in [-0.3, -0.25) is 9.48 Å². The molecule has 0 aliphatic carbocycles. The number of amides is 1. The van der Waals surface area contributed by atoms with Gasteiger partial charge in [-0.15, -0.1) is 0 Å². The zero-order valence-corrected chi connectivity index (χ0v) is 20.7. The third kappa shape index (κ3) is 5.24. The first-order valence-corrected chi connectivity index (χ1v) is 13.4. The van der Waals surface area contributed by atoms with Crippen LogP contribution in [0.15, 0.2) is 35.5 Å². The molecule has 2 aliphatic heterocycles. The Morgan fingerprint density at radius 1 is 0.970 bits per heavy atom. The SMILES string of the molecule is CC(C)(C)n1cc(NC(=O)c2ccc(N3CCCCC3)c(S(=O)(=O)N3CCCCC3)c2)cn1. The van der Waals surface area contributed by atoms with Crippen molar-refractivity contribution in [1.29, 1.82) is 0 Å². The summed E-state index contributed by atoms with van der Waals surface area (Å²) in [6, 6.07) is 5.08. The Bertz CT molecular complexity index is 1090. The van der Waals surface area contributed by atoms with Crippen molar-refractivity contribution in [2.45, 2.75) is 69.7 Å². The molecule has 1 aromatic carbocycles. The highest BCUT2D eigenvalue weighted by atomic mass is 32.2. The summed E-state index contributed by atoms with van der Waals surface area (Å²) in [7, 11) is -3.69. The number of piperidine rings is 2. The number of sulfonamides is 1. The molecule has 1 aromatic heterocycles. The summed E-state index contributed by atoms with van der Waals surface area (Å²) in [6.45, 7) is 8.82. The number of rotatable bonds is 5. The Hall–Kier alpha value is -2.39. The van der Waals surface area contributed by atoms with E-state index >= 15 is 0 Å². The standard InChI is InChI=1S/C24H35N5O3S/c1-24(2,3)29-18-20(17-25-29)26-23(30)19-10-11-21(27-12-6-4-7-13-27)22(16-19)33(31,32)28-14-8-5-9-15-28/h10-11,16-18H,4-9,12-15H2,1-3H3,(H,26,30). The van der Waals surface area contributed by atoms with E-state index in [0.29, 0.717) is 30.0 Å². The van der Waals surface area contributed by atoms with Gasteiger partial charge in [0.15, 0.2) is 0 Å². The number of carbonyl (C=O) groups excluding carboxylic acids is 1.